The van der Waals surface area contributed by atoms with Gasteiger partial charge in [-0.1, -0.05) is 121 Å². The van der Waals surface area contributed by atoms with Crippen molar-refractivity contribution in [1.29, 1.82) is 0 Å². The number of ether oxygens (including phenoxy) is 1. The highest BCUT2D eigenvalue weighted by atomic mass is 31.1. The van der Waals surface area contributed by atoms with E-state index >= 15 is 0 Å². The van der Waals surface area contributed by atoms with Crippen LogP contribution >= 0.6 is 8.58 Å². The van der Waals surface area contributed by atoms with Gasteiger partial charge < -0.3 is 9.64 Å². The van der Waals surface area contributed by atoms with Crippen molar-refractivity contribution in [2.24, 2.45) is 0 Å². The van der Waals surface area contributed by atoms with E-state index in [2.05, 4.69) is 128 Å². The lowest BCUT2D eigenvalue weighted by Crippen LogP contribution is -2.27. The maximum atomic E-state index is 6.84. The number of rotatable bonds is 11. The molecule has 0 aliphatic rings. The van der Waals surface area contributed by atoms with Gasteiger partial charge in [0.25, 0.3) is 0 Å². The van der Waals surface area contributed by atoms with Gasteiger partial charge >= 0.3 is 0 Å². The minimum atomic E-state index is -0.0124. The second-order valence-electron chi connectivity index (χ2n) is 11.9. The minimum absolute atomic E-state index is 0.0124. The molecule has 3 aromatic carbocycles. The molecule has 0 fully saturated rings. The van der Waals surface area contributed by atoms with Gasteiger partial charge in [-0.3, -0.25) is 0 Å². The van der Waals surface area contributed by atoms with Gasteiger partial charge in [0.15, 0.2) is 0 Å². The van der Waals surface area contributed by atoms with Crippen molar-refractivity contribution in [2.45, 2.75) is 91.5 Å². The molecule has 2 nitrogen and oxygen atoms in total. The molecule has 0 aromatic heterocycles. The summed E-state index contributed by atoms with van der Waals surface area (Å²) in [5.41, 5.74) is 8.01. The Morgan fingerprint density at radius 3 is 2.11 bits per heavy atom. The van der Waals surface area contributed by atoms with E-state index in [1.165, 1.54) is 38.7 Å². The average molecular weight is 518 g/mol. The predicted molar refractivity (Wildman–Crippen MR) is 164 cm³/mol. The molecular formula is C34H48NOP. The van der Waals surface area contributed by atoms with Crippen molar-refractivity contribution < 1.29 is 4.74 Å². The van der Waals surface area contributed by atoms with E-state index in [1.807, 2.05) is 0 Å². The first kappa shape index (κ1) is 29.4. The molecule has 3 heteroatoms. The number of benzene rings is 3. The van der Waals surface area contributed by atoms with Crippen molar-refractivity contribution in [3.05, 3.63) is 94.0 Å². The molecule has 37 heavy (non-hydrogen) atoms. The number of aryl methyl sites for hydroxylation is 2. The quantitative estimate of drug-likeness (QED) is 0.236. The molecule has 0 saturated carbocycles. The summed E-state index contributed by atoms with van der Waals surface area (Å²) in [5, 5.41) is 1.52. The van der Waals surface area contributed by atoms with E-state index in [-0.39, 0.29) is 10.6 Å². The highest BCUT2D eigenvalue weighted by Crippen LogP contribution is 2.53. The molecule has 2 atom stereocenters. The normalized spacial score (nSPS) is 13.9. The lowest BCUT2D eigenvalue weighted by molar-refractivity contribution is 0.289. The summed E-state index contributed by atoms with van der Waals surface area (Å²) in [6.45, 7) is 17.6. The topological polar surface area (TPSA) is 12.5 Å². The van der Waals surface area contributed by atoms with Crippen LogP contribution in [0.1, 0.15) is 87.3 Å². The first-order chi connectivity index (χ1) is 17.5. The summed E-state index contributed by atoms with van der Waals surface area (Å²) in [5.74, 6) is 1.10. The lowest BCUT2D eigenvalue weighted by Gasteiger charge is -2.38. The Morgan fingerprint density at radius 2 is 1.51 bits per heavy atom. The van der Waals surface area contributed by atoms with Gasteiger partial charge in [0.05, 0.1) is 0 Å². The fourth-order valence-electron chi connectivity index (χ4n) is 5.29. The van der Waals surface area contributed by atoms with Gasteiger partial charge in [-0.15, -0.1) is 0 Å². The third-order valence-corrected chi connectivity index (χ3v) is 9.29. The lowest BCUT2D eigenvalue weighted by atomic mass is 9.80. The van der Waals surface area contributed by atoms with Crippen LogP contribution in [-0.2, 0) is 23.7 Å². The highest BCUT2D eigenvalue weighted by Gasteiger charge is 2.36. The van der Waals surface area contributed by atoms with Crippen LogP contribution in [0.4, 0.5) is 0 Å². The van der Waals surface area contributed by atoms with Gasteiger partial charge in [-0.2, -0.15) is 0 Å². The van der Waals surface area contributed by atoms with Gasteiger partial charge in [0.1, 0.15) is 12.4 Å². The molecule has 0 aliphatic heterocycles. The van der Waals surface area contributed by atoms with Crippen molar-refractivity contribution in [3.8, 4) is 5.75 Å². The fraction of sp³-hybridized carbons (Fsp3) is 0.471. The summed E-state index contributed by atoms with van der Waals surface area (Å²) in [7, 11) is 5.02. The van der Waals surface area contributed by atoms with Crippen molar-refractivity contribution in [2.75, 3.05) is 14.1 Å². The summed E-state index contributed by atoms with van der Waals surface area (Å²) in [6.07, 6.45) is 3.38. The molecule has 0 bridgehead atoms. The van der Waals surface area contributed by atoms with Crippen LogP contribution in [0.5, 0.6) is 5.75 Å². The second kappa shape index (κ2) is 12.6. The van der Waals surface area contributed by atoms with Gasteiger partial charge in [0, 0.05) is 22.8 Å². The third-order valence-electron chi connectivity index (χ3n) is 7.18. The molecule has 3 rings (SSSR count). The molecule has 0 aliphatic carbocycles. The van der Waals surface area contributed by atoms with Gasteiger partial charge in [-0.25, -0.2) is 0 Å². The van der Waals surface area contributed by atoms with E-state index < -0.39 is 0 Å². The summed E-state index contributed by atoms with van der Waals surface area (Å²) < 4.78 is 6.84. The average Bonchev–Trinajstić information content (AvgIpc) is 2.83. The van der Waals surface area contributed by atoms with Crippen LogP contribution in [0.3, 0.4) is 0 Å². The molecule has 0 spiro atoms. The van der Waals surface area contributed by atoms with E-state index in [1.54, 1.807) is 0 Å². The Labute approximate surface area is 228 Å². The highest BCUT2D eigenvalue weighted by molar-refractivity contribution is 7.48. The molecule has 0 radical (unpaired) electrons. The zero-order valence-electron chi connectivity index (χ0n) is 24.7. The Balaban J connectivity index is 2.20. The Kier molecular flexibility index (Phi) is 10.0. The molecule has 0 amide bonds. The SMILES string of the molecule is CCCC(CC)(Pc1ccc(C)cc1CN(C)C)c1cc(C)cc(C(C)(C)C)c1OCc1ccccc1. The van der Waals surface area contributed by atoms with Crippen molar-refractivity contribution in [1.82, 2.24) is 4.90 Å². The van der Waals surface area contributed by atoms with Crippen molar-refractivity contribution >= 4 is 13.9 Å². The maximum absolute atomic E-state index is 6.84. The second-order valence-corrected chi connectivity index (χ2v) is 13.7. The smallest absolute Gasteiger partial charge is 0.127 e. The summed E-state index contributed by atoms with van der Waals surface area (Å²) in [4.78, 5) is 2.29. The first-order valence-electron chi connectivity index (χ1n) is 13.8. The monoisotopic (exact) mass is 517 g/mol. The molecular weight excluding hydrogens is 469 g/mol. The molecule has 0 saturated heterocycles. The summed E-state index contributed by atoms with van der Waals surface area (Å²) in [6, 6.07) is 22.4. The van der Waals surface area contributed by atoms with Crippen LogP contribution < -0.4 is 10.0 Å². The standard InChI is InChI=1S/C34H48NOP/c1-10-19-34(11-2,37-31-18-17-25(3)20-28(31)23-35(8)9)30-22-26(4)21-29(33(5,6)7)32(30)36-24-27-15-13-12-14-16-27/h12-18,20-22,37H,10-11,19,23-24H2,1-9H3. The number of hydrogen-bond donors (Lipinski definition) is 0. The molecule has 0 N–H and O–H groups in total. The van der Waals surface area contributed by atoms with Crippen LogP contribution in [0, 0.1) is 13.8 Å². The van der Waals surface area contributed by atoms with E-state index in [0.717, 1.165) is 31.6 Å². The van der Waals surface area contributed by atoms with E-state index in [9.17, 15) is 0 Å². The van der Waals surface area contributed by atoms with Crippen LogP contribution in [0.15, 0.2) is 60.7 Å². The van der Waals surface area contributed by atoms with Crippen molar-refractivity contribution in [3.63, 3.8) is 0 Å². The Hall–Kier alpha value is -2.15. The largest absolute Gasteiger partial charge is 0.488 e. The fourth-order valence-corrected chi connectivity index (χ4v) is 7.16. The van der Waals surface area contributed by atoms with E-state index in [4.69, 9.17) is 4.74 Å². The van der Waals surface area contributed by atoms with Crippen LogP contribution in [0.2, 0.25) is 0 Å². The first-order valence-corrected chi connectivity index (χ1v) is 14.8. The van der Waals surface area contributed by atoms with Gasteiger partial charge in [-0.05, 0) is 62.6 Å². The minimum Gasteiger partial charge on any atom is -0.488 e. The molecule has 0 heterocycles. The number of nitrogens with zero attached hydrogens (tertiary/aromatic N) is 1. The predicted octanol–water partition coefficient (Wildman–Crippen LogP) is 8.65. The molecule has 2 unspecified atom stereocenters. The maximum Gasteiger partial charge on any atom is 0.127 e. The van der Waals surface area contributed by atoms with Crippen LogP contribution in [-0.4, -0.2) is 19.0 Å². The molecule has 3 aromatic rings. The van der Waals surface area contributed by atoms with E-state index in [0.29, 0.717) is 15.2 Å². The van der Waals surface area contributed by atoms with Crippen LogP contribution in [0.25, 0.3) is 0 Å². The third kappa shape index (κ3) is 7.46. The Bertz CT molecular complexity index is 1160. The Morgan fingerprint density at radius 1 is 0.838 bits per heavy atom. The molecule has 200 valence electrons. The zero-order valence-corrected chi connectivity index (χ0v) is 25.7. The van der Waals surface area contributed by atoms with Gasteiger partial charge in [0.2, 0.25) is 0 Å². The number of hydrogen-bond acceptors (Lipinski definition) is 2. The summed E-state index contributed by atoms with van der Waals surface area (Å²) >= 11 is 0. The zero-order chi connectivity index (χ0) is 27.2.